The minimum absolute atomic E-state index is 0.268. The summed E-state index contributed by atoms with van der Waals surface area (Å²) in [6.07, 6.45) is 0. The molecule has 1 N–H and O–H groups in total. The van der Waals surface area contributed by atoms with Crippen LogP contribution in [-0.2, 0) is 4.74 Å². The Morgan fingerprint density at radius 3 is 1.71 bits per heavy atom. The highest BCUT2D eigenvalue weighted by Gasteiger charge is 2.26. The Morgan fingerprint density at radius 1 is 0.765 bits per heavy atom. The Balaban J connectivity index is 2.92. The van der Waals surface area contributed by atoms with E-state index in [4.69, 9.17) is 5.11 Å². The third-order valence-corrected chi connectivity index (χ3v) is 1.73. The third kappa shape index (κ3) is 2.83. The van der Waals surface area contributed by atoms with Gasteiger partial charge in [-0.15, -0.1) is 0 Å². The van der Waals surface area contributed by atoms with Crippen LogP contribution >= 0.6 is 0 Å². The summed E-state index contributed by atoms with van der Waals surface area (Å²) in [7, 11) is 0. The predicted octanol–water partition coefficient (Wildman–Crippen LogP) is 1.73. The summed E-state index contributed by atoms with van der Waals surface area (Å²) in [5, 5.41) is 8.20. The molecule has 3 nitrogen and oxygen atoms in total. The molecule has 0 aromatic heterocycles. The van der Waals surface area contributed by atoms with Crippen molar-refractivity contribution in [3.05, 3.63) is 29.1 Å². The van der Waals surface area contributed by atoms with Crippen LogP contribution in [0.25, 0.3) is 0 Å². The van der Waals surface area contributed by atoms with E-state index in [-0.39, 0.29) is 6.61 Å². The standard InChI is InChI=1S/C9H7F5O3/c10-4-5(11)7(13)9(8(14)6(4)12)17-2-1-16-3-15/h15H,1-3H2. The van der Waals surface area contributed by atoms with Gasteiger partial charge in [-0.2, -0.15) is 8.78 Å². The van der Waals surface area contributed by atoms with Gasteiger partial charge in [-0.05, 0) is 0 Å². The van der Waals surface area contributed by atoms with Crippen LogP contribution < -0.4 is 4.74 Å². The minimum atomic E-state index is -2.25. The SMILES string of the molecule is OCOCCOc1c(F)c(F)c(F)c(F)c1F. The van der Waals surface area contributed by atoms with E-state index in [1.807, 2.05) is 0 Å². The zero-order valence-electron chi connectivity index (χ0n) is 8.27. The van der Waals surface area contributed by atoms with E-state index in [1.165, 1.54) is 0 Å². The lowest BCUT2D eigenvalue weighted by atomic mass is 10.2. The molecule has 1 aromatic rings. The van der Waals surface area contributed by atoms with E-state index >= 15 is 0 Å². The van der Waals surface area contributed by atoms with Crippen LogP contribution in [0.3, 0.4) is 0 Å². The normalized spacial score (nSPS) is 10.7. The van der Waals surface area contributed by atoms with Gasteiger partial charge in [-0.25, -0.2) is 13.2 Å². The second-order valence-corrected chi connectivity index (χ2v) is 2.78. The van der Waals surface area contributed by atoms with Crippen LogP contribution in [-0.4, -0.2) is 25.1 Å². The molecule has 0 aliphatic rings. The molecule has 0 atom stereocenters. The van der Waals surface area contributed by atoms with Crippen LogP contribution in [0.1, 0.15) is 0 Å². The molecule has 0 saturated carbocycles. The van der Waals surface area contributed by atoms with Gasteiger partial charge >= 0.3 is 0 Å². The van der Waals surface area contributed by atoms with Crippen molar-refractivity contribution in [2.24, 2.45) is 0 Å². The van der Waals surface area contributed by atoms with E-state index in [0.29, 0.717) is 0 Å². The summed E-state index contributed by atoms with van der Waals surface area (Å²) in [5.41, 5.74) is 0. The second-order valence-electron chi connectivity index (χ2n) is 2.78. The first kappa shape index (κ1) is 13.7. The van der Waals surface area contributed by atoms with E-state index in [0.717, 1.165) is 0 Å². The van der Waals surface area contributed by atoms with Gasteiger partial charge < -0.3 is 14.6 Å². The average molecular weight is 258 g/mol. The van der Waals surface area contributed by atoms with Gasteiger partial charge in [0.05, 0.1) is 6.61 Å². The molecule has 0 heterocycles. The number of hydrogen-bond donors (Lipinski definition) is 1. The van der Waals surface area contributed by atoms with Crippen molar-refractivity contribution in [2.45, 2.75) is 0 Å². The van der Waals surface area contributed by atoms with Crippen LogP contribution in [0.15, 0.2) is 0 Å². The molecule has 17 heavy (non-hydrogen) atoms. The summed E-state index contributed by atoms with van der Waals surface area (Å²) in [4.78, 5) is 0. The number of hydrogen-bond acceptors (Lipinski definition) is 3. The molecule has 1 rings (SSSR count). The highest BCUT2D eigenvalue weighted by atomic mass is 19.2. The molecule has 0 fully saturated rings. The van der Waals surface area contributed by atoms with Gasteiger partial charge in [0.25, 0.3) is 0 Å². The van der Waals surface area contributed by atoms with Crippen molar-refractivity contribution in [3.8, 4) is 5.75 Å². The fraction of sp³-hybridized carbons (Fsp3) is 0.333. The fourth-order valence-electron chi connectivity index (χ4n) is 0.979. The molecular weight excluding hydrogens is 251 g/mol. The van der Waals surface area contributed by atoms with Crippen molar-refractivity contribution in [1.29, 1.82) is 0 Å². The lowest BCUT2D eigenvalue weighted by molar-refractivity contribution is -0.0134. The van der Waals surface area contributed by atoms with Gasteiger partial charge in [0.15, 0.2) is 5.75 Å². The molecule has 8 heteroatoms. The molecule has 0 aliphatic heterocycles. The lowest BCUT2D eigenvalue weighted by Gasteiger charge is -2.09. The van der Waals surface area contributed by atoms with E-state index in [9.17, 15) is 22.0 Å². The number of ether oxygens (including phenoxy) is 2. The summed E-state index contributed by atoms with van der Waals surface area (Å²) in [6.45, 7) is -1.39. The number of rotatable bonds is 5. The van der Waals surface area contributed by atoms with Crippen LogP contribution in [0.2, 0.25) is 0 Å². The molecule has 0 bridgehead atoms. The Morgan fingerprint density at radius 2 is 1.24 bits per heavy atom. The van der Waals surface area contributed by atoms with Crippen LogP contribution in [0.5, 0.6) is 5.75 Å². The maximum absolute atomic E-state index is 13.0. The molecule has 96 valence electrons. The lowest BCUT2D eigenvalue weighted by Crippen LogP contribution is -2.12. The molecular formula is C9H7F5O3. The van der Waals surface area contributed by atoms with Gasteiger partial charge in [0.2, 0.25) is 29.1 Å². The van der Waals surface area contributed by atoms with Crippen molar-refractivity contribution in [3.63, 3.8) is 0 Å². The average Bonchev–Trinajstić information content (AvgIpc) is 2.33. The molecule has 0 radical (unpaired) electrons. The molecule has 0 amide bonds. The van der Waals surface area contributed by atoms with Gasteiger partial charge in [0, 0.05) is 0 Å². The number of halogens is 5. The fourth-order valence-corrected chi connectivity index (χ4v) is 0.979. The second kappa shape index (κ2) is 5.78. The van der Waals surface area contributed by atoms with Crippen LogP contribution in [0.4, 0.5) is 22.0 Å². The Bertz CT molecular complexity index is 381. The van der Waals surface area contributed by atoms with Crippen molar-refractivity contribution < 1.29 is 36.5 Å². The first-order chi connectivity index (χ1) is 8.00. The van der Waals surface area contributed by atoms with Crippen LogP contribution in [0, 0.1) is 29.1 Å². The Kier molecular flexibility index (Phi) is 4.64. The molecule has 1 aromatic carbocycles. The summed E-state index contributed by atoms with van der Waals surface area (Å²) >= 11 is 0. The number of benzene rings is 1. The van der Waals surface area contributed by atoms with Gasteiger partial charge in [0.1, 0.15) is 13.4 Å². The van der Waals surface area contributed by atoms with Crippen molar-refractivity contribution in [1.82, 2.24) is 0 Å². The number of aliphatic hydroxyl groups excluding tert-OH is 1. The molecule has 0 saturated heterocycles. The molecule has 0 unspecified atom stereocenters. The van der Waals surface area contributed by atoms with Gasteiger partial charge in [-0.1, -0.05) is 0 Å². The summed E-state index contributed by atoms with van der Waals surface area (Å²) in [6, 6.07) is 0. The zero-order chi connectivity index (χ0) is 13.0. The quantitative estimate of drug-likeness (QED) is 0.287. The highest BCUT2D eigenvalue weighted by Crippen LogP contribution is 2.28. The topological polar surface area (TPSA) is 38.7 Å². The highest BCUT2D eigenvalue weighted by molar-refractivity contribution is 5.29. The predicted molar refractivity (Wildman–Crippen MR) is 44.8 cm³/mol. The first-order valence-electron chi connectivity index (χ1n) is 4.33. The third-order valence-electron chi connectivity index (χ3n) is 1.73. The van der Waals surface area contributed by atoms with Gasteiger partial charge in [-0.3, -0.25) is 0 Å². The summed E-state index contributed by atoms with van der Waals surface area (Å²) in [5.74, 6) is -11.9. The maximum Gasteiger partial charge on any atom is 0.206 e. The van der Waals surface area contributed by atoms with Crippen molar-refractivity contribution in [2.75, 3.05) is 20.0 Å². The largest absolute Gasteiger partial charge is 0.485 e. The number of aliphatic hydroxyl groups is 1. The Labute approximate surface area is 92.4 Å². The maximum atomic E-state index is 13.0. The monoisotopic (exact) mass is 258 g/mol. The van der Waals surface area contributed by atoms with E-state index in [1.54, 1.807) is 0 Å². The first-order valence-corrected chi connectivity index (χ1v) is 4.33. The van der Waals surface area contributed by atoms with E-state index in [2.05, 4.69) is 9.47 Å². The smallest absolute Gasteiger partial charge is 0.206 e. The Hall–Kier alpha value is -1.41. The molecule has 0 spiro atoms. The van der Waals surface area contributed by atoms with E-state index < -0.39 is 48.2 Å². The summed E-state index contributed by atoms with van der Waals surface area (Å²) < 4.78 is 72.6. The van der Waals surface area contributed by atoms with Crippen molar-refractivity contribution >= 4 is 0 Å². The minimum Gasteiger partial charge on any atom is -0.485 e. The molecule has 0 aliphatic carbocycles. The zero-order valence-corrected chi connectivity index (χ0v) is 8.27.